The molecule has 0 spiro atoms. The zero-order chi connectivity index (χ0) is 5.28. The topological polar surface area (TPSA) is 58.2 Å². The molecule has 0 bridgehead atoms. The Morgan fingerprint density at radius 3 is 2.12 bits per heavy atom. The van der Waals surface area contributed by atoms with Crippen molar-refractivity contribution >= 4 is 41.5 Å². The summed E-state index contributed by atoms with van der Waals surface area (Å²) in [5.74, 6) is -0.259. The van der Waals surface area contributed by atoms with Crippen LogP contribution in [0, 0.1) is 0 Å². The molecule has 4 nitrogen and oxygen atoms in total. The molecule has 5 heteroatoms. The summed E-state index contributed by atoms with van der Waals surface area (Å²) >= 11 is 0. The molecular formula is C3H5N2NaO2. The van der Waals surface area contributed by atoms with Crippen molar-refractivity contribution in [3.8, 4) is 0 Å². The number of hydrogen-bond donors (Lipinski definition) is 2. The van der Waals surface area contributed by atoms with E-state index in [1.807, 2.05) is 5.32 Å². The van der Waals surface area contributed by atoms with Crippen molar-refractivity contribution in [1.82, 2.24) is 10.6 Å². The summed E-state index contributed by atoms with van der Waals surface area (Å²) < 4.78 is 0. The minimum atomic E-state index is -0.398. The molecule has 40 valence electrons. The number of carbonyl (C=O) groups excluding carboxylic acids is 2. The van der Waals surface area contributed by atoms with Crippen LogP contribution in [0.2, 0.25) is 0 Å². The molecule has 1 rings (SSSR count). The fraction of sp³-hybridized carbons (Fsp3) is 0.333. The van der Waals surface area contributed by atoms with Crippen LogP contribution in [0.5, 0.6) is 0 Å². The summed E-state index contributed by atoms with van der Waals surface area (Å²) in [4.78, 5) is 20.1. The van der Waals surface area contributed by atoms with E-state index >= 15 is 0 Å². The van der Waals surface area contributed by atoms with Crippen molar-refractivity contribution in [3.63, 3.8) is 0 Å². The van der Waals surface area contributed by atoms with E-state index in [1.165, 1.54) is 0 Å². The van der Waals surface area contributed by atoms with Gasteiger partial charge in [-0.1, -0.05) is 0 Å². The zero-order valence-corrected chi connectivity index (χ0v) is 3.52. The number of imide groups is 1. The molecule has 3 amide bonds. The number of nitrogens with one attached hydrogen (secondary N) is 2. The monoisotopic (exact) mass is 124 g/mol. The van der Waals surface area contributed by atoms with E-state index in [9.17, 15) is 9.59 Å². The third kappa shape index (κ3) is 1.81. The Hall–Kier alpha value is -0.0600. The second-order valence-corrected chi connectivity index (χ2v) is 1.23. The summed E-state index contributed by atoms with van der Waals surface area (Å²) in [6.07, 6.45) is 0. The molecule has 0 atom stereocenters. The average molecular weight is 124 g/mol. The van der Waals surface area contributed by atoms with Gasteiger partial charge in [0.05, 0.1) is 6.54 Å². The molecule has 2 N–H and O–H groups in total. The van der Waals surface area contributed by atoms with Crippen molar-refractivity contribution in [1.29, 1.82) is 0 Å². The Morgan fingerprint density at radius 1 is 1.38 bits per heavy atom. The Kier molecular flexibility index (Phi) is 3.04. The van der Waals surface area contributed by atoms with Crippen molar-refractivity contribution in [2.24, 2.45) is 0 Å². The molecule has 1 heterocycles. The predicted molar refractivity (Wildman–Crippen MR) is 28.7 cm³/mol. The maximum absolute atomic E-state index is 10.1. The van der Waals surface area contributed by atoms with Gasteiger partial charge in [-0.05, 0) is 0 Å². The summed E-state index contributed by atoms with van der Waals surface area (Å²) in [5, 5.41) is 4.30. The first-order chi connectivity index (χ1) is 3.29. The molecule has 0 aromatic heterocycles. The Balaban J connectivity index is 0.000000490. The second kappa shape index (κ2) is 3.06. The van der Waals surface area contributed by atoms with Crippen LogP contribution in [0.25, 0.3) is 0 Å². The third-order valence-electron chi connectivity index (χ3n) is 0.662. The van der Waals surface area contributed by atoms with E-state index in [1.54, 1.807) is 0 Å². The molecule has 0 saturated carbocycles. The van der Waals surface area contributed by atoms with Crippen molar-refractivity contribution in [2.75, 3.05) is 6.54 Å². The van der Waals surface area contributed by atoms with E-state index in [0.29, 0.717) is 0 Å². The van der Waals surface area contributed by atoms with E-state index in [-0.39, 0.29) is 42.0 Å². The standard InChI is InChI=1S/C3H4N2O2.Na.H/c6-2-1-4-3(7)5-2;;/h1H2,(H2,4,5,6,7);;. The quantitative estimate of drug-likeness (QED) is 0.295. The van der Waals surface area contributed by atoms with Gasteiger partial charge in [-0.15, -0.1) is 0 Å². The van der Waals surface area contributed by atoms with Crippen LogP contribution >= 0.6 is 0 Å². The van der Waals surface area contributed by atoms with Gasteiger partial charge in [0.1, 0.15) is 0 Å². The van der Waals surface area contributed by atoms with Crippen molar-refractivity contribution in [2.45, 2.75) is 0 Å². The van der Waals surface area contributed by atoms with Crippen molar-refractivity contribution in [3.05, 3.63) is 0 Å². The predicted octanol–water partition coefficient (Wildman–Crippen LogP) is -1.82. The molecular weight excluding hydrogens is 119 g/mol. The number of carbonyl (C=O) groups is 2. The summed E-state index contributed by atoms with van der Waals surface area (Å²) in [6, 6.07) is -0.398. The zero-order valence-electron chi connectivity index (χ0n) is 3.52. The van der Waals surface area contributed by atoms with E-state index in [2.05, 4.69) is 5.32 Å². The molecule has 0 aromatic rings. The van der Waals surface area contributed by atoms with Gasteiger partial charge < -0.3 is 5.32 Å². The normalized spacial score (nSPS) is 16.5. The van der Waals surface area contributed by atoms with Crippen LogP contribution < -0.4 is 10.6 Å². The number of hydrogen-bond acceptors (Lipinski definition) is 2. The fourth-order valence-corrected chi connectivity index (χ4v) is 0.376. The molecule has 0 unspecified atom stereocenters. The van der Waals surface area contributed by atoms with Gasteiger partial charge in [0.2, 0.25) is 5.91 Å². The first-order valence-electron chi connectivity index (χ1n) is 1.87. The fourth-order valence-electron chi connectivity index (χ4n) is 0.376. The molecule has 0 aromatic carbocycles. The molecule has 0 aliphatic carbocycles. The van der Waals surface area contributed by atoms with Gasteiger partial charge in [0.15, 0.2) is 0 Å². The molecule has 1 fully saturated rings. The Morgan fingerprint density at radius 2 is 2.00 bits per heavy atom. The van der Waals surface area contributed by atoms with Crippen molar-refractivity contribution < 1.29 is 9.59 Å². The van der Waals surface area contributed by atoms with Gasteiger partial charge in [0, 0.05) is 0 Å². The summed E-state index contributed by atoms with van der Waals surface area (Å²) in [5.41, 5.74) is 0. The van der Waals surface area contributed by atoms with E-state index < -0.39 is 6.03 Å². The van der Waals surface area contributed by atoms with Crippen LogP contribution in [-0.2, 0) is 4.79 Å². The van der Waals surface area contributed by atoms with Gasteiger partial charge in [0.25, 0.3) is 0 Å². The Bertz CT molecular complexity index is 110. The van der Waals surface area contributed by atoms with Gasteiger partial charge >= 0.3 is 35.6 Å². The average Bonchev–Trinajstić information content (AvgIpc) is 1.87. The van der Waals surface area contributed by atoms with Crippen LogP contribution in [0.15, 0.2) is 0 Å². The number of urea groups is 1. The number of amides is 3. The first kappa shape index (κ1) is 7.94. The SMILES string of the molecule is O=C1CNC(=O)N1.[NaH]. The maximum atomic E-state index is 10.1. The van der Waals surface area contributed by atoms with Crippen LogP contribution in [0.3, 0.4) is 0 Å². The van der Waals surface area contributed by atoms with E-state index in [0.717, 1.165) is 0 Å². The molecule has 1 aliphatic rings. The van der Waals surface area contributed by atoms with Crippen LogP contribution in [0.1, 0.15) is 0 Å². The third-order valence-corrected chi connectivity index (χ3v) is 0.662. The first-order valence-corrected chi connectivity index (χ1v) is 1.87. The van der Waals surface area contributed by atoms with Gasteiger partial charge in [-0.3, -0.25) is 10.1 Å². The number of rotatable bonds is 0. The minimum absolute atomic E-state index is 0. The molecule has 0 radical (unpaired) electrons. The molecule has 1 aliphatic heterocycles. The van der Waals surface area contributed by atoms with Crippen LogP contribution in [-0.4, -0.2) is 48.0 Å². The molecule has 1 saturated heterocycles. The van der Waals surface area contributed by atoms with Crippen LogP contribution in [0.4, 0.5) is 4.79 Å². The summed E-state index contributed by atoms with van der Waals surface area (Å²) in [6.45, 7) is 0.124. The second-order valence-electron chi connectivity index (χ2n) is 1.23. The summed E-state index contributed by atoms with van der Waals surface area (Å²) in [7, 11) is 0. The van der Waals surface area contributed by atoms with Gasteiger partial charge in [-0.25, -0.2) is 4.79 Å². The van der Waals surface area contributed by atoms with E-state index in [4.69, 9.17) is 0 Å². The Labute approximate surface area is 68.3 Å². The molecule has 8 heavy (non-hydrogen) atoms. The van der Waals surface area contributed by atoms with Gasteiger partial charge in [-0.2, -0.15) is 0 Å².